The normalized spacial score (nSPS) is 13.4. The zero-order valence-electron chi connectivity index (χ0n) is 9.19. The fraction of sp³-hybridized carbons (Fsp3) is 0.333. The van der Waals surface area contributed by atoms with Gasteiger partial charge in [0.05, 0.1) is 0 Å². The van der Waals surface area contributed by atoms with E-state index in [0.717, 1.165) is 12.1 Å². The average molecular weight is 218 g/mol. The molecule has 0 saturated heterocycles. The molecule has 1 heterocycles. The molecule has 0 bridgehead atoms. The van der Waals surface area contributed by atoms with E-state index in [1.54, 1.807) is 4.90 Å². The van der Waals surface area contributed by atoms with Gasteiger partial charge in [-0.1, -0.05) is 18.2 Å². The first kappa shape index (κ1) is 10.7. The summed E-state index contributed by atoms with van der Waals surface area (Å²) in [6.07, 6.45) is 0.792. The van der Waals surface area contributed by atoms with Crippen LogP contribution in [0.2, 0.25) is 0 Å². The van der Waals surface area contributed by atoms with Crippen LogP contribution in [0.4, 0.5) is 5.69 Å². The smallest absolute Gasteiger partial charge is 0.236 e. The Bertz CT molecular complexity index is 429. The van der Waals surface area contributed by atoms with E-state index in [4.69, 9.17) is 0 Å². The van der Waals surface area contributed by atoms with E-state index in [1.807, 2.05) is 24.3 Å². The molecule has 0 unspecified atom stereocenters. The number of fused-ring (bicyclic) bond motifs is 1. The molecule has 1 aliphatic heterocycles. The third-order valence-corrected chi connectivity index (χ3v) is 2.78. The topological polar surface area (TPSA) is 49.4 Å². The van der Waals surface area contributed by atoms with Gasteiger partial charge in [0.25, 0.3) is 0 Å². The zero-order valence-corrected chi connectivity index (χ0v) is 9.19. The van der Waals surface area contributed by atoms with Gasteiger partial charge >= 0.3 is 0 Å². The van der Waals surface area contributed by atoms with Crippen molar-refractivity contribution in [2.75, 3.05) is 18.5 Å². The number of hydrogen-bond acceptors (Lipinski definition) is 2. The number of benzene rings is 1. The Hall–Kier alpha value is -1.84. The maximum absolute atomic E-state index is 11.8. The fourth-order valence-corrected chi connectivity index (χ4v) is 1.92. The number of nitrogens with one attached hydrogen (secondary N) is 1. The molecule has 0 saturated carbocycles. The molecule has 2 rings (SSSR count). The number of amides is 2. The molecule has 0 radical (unpaired) electrons. The van der Waals surface area contributed by atoms with Crippen molar-refractivity contribution in [1.82, 2.24) is 5.32 Å². The van der Waals surface area contributed by atoms with Crippen LogP contribution in [0.1, 0.15) is 12.0 Å². The van der Waals surface area contributed by atoms with Gasteiger partial charge in [-0.25, -0.2) is 0 Å². The van der Waals surface area contributed by atoms with Gasteiger partial charge in [0, 0.05) is 19.3 Å². The number of carbonyl (C=O) groups excluding carboxylic acids is 2. The lowest BCUT2D eigenvalue weighted by Crippen LogP contribution is -2.33. The summed E-state index contributed by atoms with van der Waals surface area (Å²) in [6, 6.07) is 7.81. The second-order valence-corrected chi connectivity index (χ2v) is 3.77. The molecule has 0 fully saturated rings. The van der Waals surface area contributed by atoms with Crippen molar-refractivity contribution in [3.63, 3.8) is 0 Å². The standard InChI is InChI=1S/C12H14N2O2/c1-13-11(15)8-12(16)14-7-6-9-4-2-3-5-10(9)14/h2-5H,6-8H2,1H3,(H,13,15). The Kier molecular flexibility index (Phi) is 2.90. The first-order chi connectivity index (χ1) is 7.72. The Labute approximate surface area is 94.2 Å². The summed E-state index contributed by atoms with van der Waals surface area (Å²) in [5, 5.41) is 2.46. The van der Waals surface area contributed by atoms with Crippen LogP contribution in [-0.4, -0.2) is 25.4 Å². The van der Waals surface area contributed by atoms with Gasteiger partial charge in [-0.3, -0.25) is 9.59 Å². The minimum atomic E-state index is -0.241. The van der Waals surface area contributed by atoms with Crippen LogP contribution < -0.4 is 10.2 Å². The average Bonchev–Trinajstić information content (AvgIpc) is 2.72. The molecule has 0 spiro atoms. The third-order valence-electron chi connectivity index (χ3n) is 2.78. The summed E-state index contributed by atoms with van der Waals surface area (Å²) < 4.78 is 0. The number of nitrogens with zero attached hydrogens (tertiary/aromatic N) is 1. The molecule has 1 aliphatic rings. The molecule has 4 nitrogen and oxygen atoms in total. The predicted molar refractivity (Wildman–Crippen MR) is 61.2 cm³/mol. The summed E-state index contributed by atoms with van der Waals surface area (Å²) in [7, 11) is 1.54. The molecular formula is C12H14N2O2. The van der Waals surface area contributed by atoms with E-state index >= 15 is 0 Å². The minimum Gasteiger partial charge on any atom is -0.359 e. The van der Waals surface area contributed by atoms with Gasteiger partial charge in [0.2, 0.25) is 11.8 Å². The van der Waals surface area contributed by atoms with Gasteiger partial charge in [0.1, 0.15) is 6.42 Å². The van der Waals surface area contributed by atoms with E-state index < -0.39 is 0 Å². The van der Waals surface area contributed by atoms with Crippen molar-refractivity contribution < 1.29 is 9.59 Å². The molecule has 84 valence electrons. The Balaban J connectivity index is 2.13. The highest BCUT2D eigenvalue weighted by Crippen LogP contribution is 2.27. The maximum atomic E-state index is 11.8. The van der Waals surface area contributed by atoms with Crippen molar-refractivity contribution in [3.8, 4) is 0 Å². The second-order valence-electron chi connectivity index (χ2n) is 3.77. The minimum absolute atomic E-state index is 0.0785. The van der Waals surface area contributed by atoms with E-state index in [0.29, 0.717) is 6.54 Å². The van der Waals surface area contributed by atoms with E-state index in [9.17, 15) is 9.59 Å². The molecule has 16 heavy (non-hydrogen) atoms. The number of anilines is 1. The van der Waals surface area contributed by atoms with Crippen molar-refractivity contribution in [2.45, 2.75) is 12.8 Å². The van der Waals surface area contributed by atoms with Crippen molar-refractivity contribution in [2.24, 2.45) is 0 Å². The molecule has 1 N–H and O–H groups in total. The van der Waals surface area contributed by atoms with E-state index in [2.05, 4.69) is 5.32 Å². The van der Waals surface area contributed by atoms with Crippen molar-refractivity contribution in [1.29, 1.82) is 0 Å². The second kappa shape index (κ2) is 4.35. The molecule has 0 aromatic heterocycles. The number of hydrogen-bond donors (Lipinski definition) is 1. The predicted octanol–water partition coefficient (Wildman–Crippen LogP) is 0.712. The quantitative estimate of drug-likeness (QED) is 0.743. The summed E-state index contributed by atoms with van der Waals surface area (Å²) >= 11 is 0. The Morgan fingerprint density at radius 2 is 2.12 bits per heavy atom. The first-order valence-corrected chi connectivity index (χ1v) is 5.31. The molecule has 2 amide bonds. The maximum Gasteiger partial charge on any atom is 0.236 e. The van der Waals surface area contributed by atoms with Crippen LogP contribution >= 0.6 is 0 Å². The van der Waals surface area contributed by atoms with Crippen LogP contribution in [0, 0.1) is 0 Å². The van der Waals surface area contributed by atoms with Crippen molar-refractivity contribution in [3.05, 3.63) is 29.8 Å². The van der Waals surface area contributed by atoms with Gasteiger partial charge in [-0.05, 0) is 18.1 Å². The number of rotatable bonds is 2. The van der Waals surface area contributed by atoms with Gasteiger partial charge in [-0.2, -0.15) is 0 Å². The number of para-hydroxylation sites is 1. The van der Waals surface area contributed by atoms with E-state index in [-0.39, 0.29) is 18.2 Å². The lowest BCUT2D eigenvalue weighted by atomic mass is 10.2. The lowest BCUT2D eigenvalue weighted by molar-refractivity contribution is -0.127. The van der Waals surface area contributed by atoms with E-state index in [1.165, 1.54) is 12.6 Å². The Morgan fingerprint density at radius 1 is 1.38 bits per heavy atom. The molecule has 4 heteroatoms. The number of carbonyl (C=O) groups is 2. The monoisotopic (exact) mass is 218 g/mol. The Morgan fingerprint density at radius 3 is 2.88 bits per heavy atom. The zero-order chi connectivity index (χ0) is 11.5. The highest BCUT2D eigenvalue weighted by atomic mass is 16.2. The SMILES string of the molecule is CNC(=O)CC(=O)N1CCc2ccccc21. The van der Waals surface area contributed by atoms with Gasteiger partial charge in [0.15, 0.2) is 0 Å². The van der Waals surface area contributed by atoms with Crippen LogP contribution in [0.3, 0.4) is 0 Å². The fourth-order valence-electron chi connectivity index (χ4n) is 1.92. The van der Waals surface area contributed by atoms with Crippen LogP contribution in [0.25, 0.3) is 0 Å². The largest absolute Gasteiger partial charge is 0.359 e. The third kappa shape index (κ3) is 1.91. The van der Waals surface area contributed by atoms with Gasteiger partial charge in [-0.15, -0.1) is 0 Å². The highest BCUT2D eigenvalue weighted by molar-refractivity contribution is 6.05. The van der Waals surface area contributed by atoms with Crippen molar-refractivity contribution >= 4 is 17.5 Å². The summed E-state index contributed by atoms with van der Waals surface area (Å²) in [4.78, 5) is 24.7. The molecule has 1 aromatic carbocycles. The molecule has 1 aromatic rings. The summed E-state index contributed by atoms with van der Waals surface area (Å²) in [5.41, 5.74) is 2.11. The first-order valence-electron chi connectivity index (χ1n) is 5.31. The van der Waals surface area contributed by atoms with Crippen LogP contribution in [0.5, 0.6) is 0 Å². The summed E-state index contributed by atoms with van der Waals surface area (Å²) in [5.74, 6) is -0.376. The molecular weight excluding hydrogens is 204 g/mol. The van der Waals surface area contributed by atoms with Crippen LogP contribution in [-0.2, 0) is 16.0 Å². The lowest BCUT2D eigenvalue weighted by Gasteiger charge is -2.16. The summed E-state index contributed by atoms with van der Waals surface area (Å²) in [6.45, 7) is 0.676. The molecule has 0 aliphatic carbocycles. The highest BCUT2D eigenvalue weighted by Gasteiger charge is 2.24. The van der Waals surface area contributed by atoms with Gasteiger partial charge < -0.3 is 10.2 Å². The van der Waals surface area contributed by atoms with Crippen LogP contribution in [0.15, 0.2) is 24.3 Å². The molecule has 0 atom stereocenters.